The van der Waals surface area contributed by atoms with Crippen LogP contribution in [0.1, 0.15) is 40.5 Å². The van der Waals surface area contributed by atoms with Crippen LogP contribution in [0, 0.1) is 10.1 Å². The van der Waals surface area contributed by atoms with Gasteiger partial charge in [0.2, 0.25) is 0 Å². The topological polar surface area (TPSA) is 219 Å². The molecule has 0 radical (unpaired) electrons. The number of aliphatic hydroxyl groups excluding tert-OH is 1. The zero-order valence-corrected chi connectivity index (χ0v) is 21.2. The Kier molecular flexibility index (Phi) is 8.77. The van der Waals surface area contributed by atoms with Crippen molar-refractivity contribution in [2.24, 2.45) is 0 Å². The fourth-order valence-electron chi connectivity index (χ4n) is 4.44. The summed E-state index contributed by atoms with van der Waals surface area (Å²) in [6.45, 7) is 3.21. The van der Waals surface area contributed by atoms with Crippen LogP contribution >= 0.6 is 11.8 Å². The minimum absolute atomic E-state index is 0.0511. The lowest BCUT2D eigenvalue weighted by atomic mass is 9.61. The standard InChI is InChI=1S/C23H27NO12S/c1-11(25)19(30)20-22(32,13(3)27)23(33,14(4)28)21(31,12(2)26)17(37-20)9-10-18(29)36-16-7-5-15(6-8-16)24(34)35/h5-8,17,19-20,30-33H,9-10H2,1-4H3/t17-,19?,20+,21-,22-,23-/m1/s1. The predicted octanol–water partition coefficient (Wildman–Crippen LogP) is -0.325. The first-order chi connectivity index (χ1) is 17.0. The summed E-state index contributed by atoms with van der Waals surface area (Å²) >= 11 is 0.404. The quantitative estimate of drug-likeness (QED) is 0.129. The van der Waals surface area contributed by atoms with Gasteiger partial charge in [-0.15, -0.1) is 11.8 Å². The summed E-state index contributed by atoms with van der Waals surface area (Å²) in [5, 5.41) is 52.1. The van der Waals surface area contributed by atoms with Crippen molar-refractivity contribution in [2.75, 3.05) is 0 Å². The van der Waals surface area contributed by atoms with Gasteiger partial charge in [-0.2, -0.15) is 0 Å². The molecule has 6 atom stereocenters. The zero-order valence-electron chi connectivity index (χ0n) is 20.4. The highest BCUT2D eigenvalue weighted by Gasteiger charge is 2.78. The molecule has 1 fully saturated rings. The molecule has 1 unspecified atom stereocenters. The van der Waals surface area contributed by atoms with Gasteiger partial charge in [0.1, 0.15) is 11.9 Å². The Morgan fingerprint density at radius 1 is 0.973 bits per heavy atom. The van der Waals surface area contributed by atoms with Crippen LogP contribution in [0.15, 0.2) is 24.3 Å². The van der Waals surface area contributed by atoms with Gasteiger partial charge < -0.3 is 25.2 Å². The number of non-ortho nitro benzene ring substituents is 1. The second-order valence-electron chi connectivity index (χ2n) is 8.78. The number of nitrogens with zero attached hydrogens (tertiary/aromatic N) is 1. The largest absolute Gasteiger partial charge is 0.427 e. The average Bonchev–Trinajstić information content (AvgIpc) is 2.81. The molecule has 0 saturated carbocycles. The SMILES string of the molecule is CC(=O)C(O)[C@@H]1S[C@H](CCC(=O)Oc2ccc([N+](=O)[O-])cc2)[C@](O)(C(C)=O)[C@](O)(C(C)=O)[C@@]1(O)C(C)=O. The zero-order chi connectivity index (χ0) is 28.5. The summed E-state index contributed by atoms with van der Waals surface area (Å²) in [7, 11) is 0. The summed E-state index contributed by atoms with van der Waals surface area (Å²) < 4.78 is 5.09. The van der Waals surface area contributed by atoms with Crippen molar-refractivity contribution in [3.8, 4) is 5.75 Å². The van der Waals surface area contributed by atoms with E-state index in [4.69, 9.17) is 4.74 Å². The van der Waals surface area contributed by atoms with Crippen molar-refractivity contribution in [1.82, 2.24) is 0 Å². The van der Waals surface area contributed by atoms with Crippen molar-refractivity contribution in [2.45, 2.75) is 73.9 Å². The van der Waals surface area contributed by atoms with Gasteiger partial charge in [-0.25, -0.2) is 0 Å². The molecule has 0 aromatic heterocycles. The number of thioether (sulfide) groups is 1. The van der Waals surface area contributed by atoms with E-state index in [1.165, 1.54) is 0 Å². The van der Waals surface area contributed by atoms with Gasteiger partial charge in [0.15, 0.2) is 39.9 Å². The number of ether oxygens (including phenoxy) is 1. The first kappa shape index (κ1) is 30.2. The number of carbonyl (C=O) groups excluding carboxylic acids is 5. The van der Waals surface area contributed by atoms with Crippen molar-refractivity contribution < 1.29 is 54.1 Å². The number of aliphatic hydroxyl groups is 4. The number of nitro benzene ring substituents is 1. The van der Waals surface area contributed by atoms with E-state index in [2.05, 4.69) is 0 Å². The van der Waals surface area contributed by atoms with E-state index in [0.29, 0.717) is 11.8 Å². The van der Waals surface area contributed by atoms with Gasteiger partial charge in [-0.05, 0) is 46.2 Å². The highest BCUT2D eigenvalue weighted by Crippen LogP contribution is 2.54. The Labute approximate surface area is 215 Å². The molecule has 1 aliphatic rings. The lowest BCUT2D eigenvalue weighted by Crippen LogP contribution is -2.85. The maximum Gasteiger partial charge on any atom is 0.311 e. The molecular weight excluding hydrogens is 514 g/mol. The number of benzene rings is 1. The van der Waals surface area contributed by atoms with E-state index < -0.39 is 80.3 Å². The Hall–Kier alpha value is -3.04. The van der Waals surface area contributed by atoms with Gasteiger partial charge in [-0.1, -0.05) is 0 Å². The molecule has 2 rings (SSSR count). The second-order valence-corrected chi connectivity index (χ2v) is 10.1. The number of rotatable bonds is 10. The molecule has 0 aliphatic carbocycles. The normalized spacial score (nSPS) is 30.2. The Morgan fingerprint density at radius 3 is 1.89 bits per heavy atom. The summed E-state index contributed by atoms with van der Waals surface area (Å²) in [4.78, 5) is 72.5. The van der Waals surface area contributed by atoms with Crippen LogP contribution in [0.5, 0.6) is 5.75 Å². The number of carbonyl (C=O) groups is 5. The molecule has 202 valence electrons. The van der Waals surface area contributed by atoms with Crippen LogP contribution in [-0.2, 0) is 24.0 Å². The van der Waals surface area contributed by atoms with E-state index in [1.54, 1.807) is 0 Å². The third kappa shape index (κ3) is 4.94. The molecule has 4 N–H and O–H groups in total. The van der Waals surface area contributed by atoms with Crippen molar-refractivity contribution >= 4 is 46.6 Å². The molecule has 1 aromatic carbocycles. The molecule has 1 saturated heterocycles. The number of ketones is 4. The average molecular weight is 542 g/mol. The van der Waals surface area contributed by atoms with E-state index in [-0.39, 0.29) is 11.4 Å². The highest BCUT2D eigenvalue weighted by molar-refractivity contribution is 8.00. The van der Waals surface area contributed by atoms with Crippen LogP contribution in [0.2, 0.25) is 0 Å². The number of Topliss-reactive ketones (excluding diaryl/α,β-unsaturated/α-hetero) is 4. The monoisotopic (exact) mass is 541 g/mol. The first-order valence-corrected chi connectivity index (χ1v) is 11.9. The smallest absolute Gasteiger partial charge is 0.311 e. The van der Waals surface area contributed by atoms with E-state index in [1.807, 2.05) is 0 Å². The molecule has 1 aliphatic heterocycles. The molecule has 0 bridgehead atoms. The van der Waals surface area contributed by atoms with E-state index in [0.717, 1.165) is 52.0 Å². The van der Waals surface area contributed by atoms with Crippen LogP contribution < -0.4 is 4.74 Å². The predicted molar refractivity (Wildman–Crippen MR) is 127 cm³/mol. The number of hydrogen-bond acceptors (Lipinski definition) is 13. The maximum absolute atomic E-state index is 12.7. The summed E-state index contributed by atoms with van der Waals surface area (Å²) in [6.07, 6.45) is -3.12. The summed E-state index contributed by atoms with van der Waals surface area (Å²) in [5.41, 5.74) is -10.1. The van der Waals surface area contributed by atoms with Crippen molar-refractivity contribution in [1.29, 1.82) is 0 Å². The van der Waals surface area contributed by atoms with Crippen molar-refractivity contribution in [3.05, 3.63) is 34.4 Å². The van der Waals surface area contributed by atoms with Gasteiger partial charge in [0.25, 0.3) is 5.69 Å². The van der Waals surface area contributed by atoms with Gasteiger partial charge >= 0.3 is 5.97 Å². The fraction of sp³-hybridized carbons (Fsp3) is 0.522. The minimum Gasteiger partial charge on any atom is -0.427 e. The molecule has 14 heteroatoms. The van der Waals surface area contributed by atoms with Gasteiger partial charge in [-0.3, -0.25) is 34.1 Å². The third-order valence-electron chi connectivity index (χ3n) is 6.47. The number of esters is 1. The molecule has 0 amide bonds. The van der Waals surface area contributed by atoms with Gasteiger partial charge in [0, 0.05) is 23.8 Å². The van der Waals surface area contributed by atoms with E-state index in [9.17, 15) is 54.5 Å². The molecule has 37 heavy (non-hydrogen) atoms. The lowest BCUT2D eigenvalue weighted by molar-refractivity contribution is -0.384. The van der Waals surface area contributed by atoms with Crippen molar-refractivity contribution in [3.63, 3.8) is 0 Å². The second kappa shape index (κ2) is 10.8. The van der Waals surface area contributed by atoms with Crippen LogP contribution in [0.4, 0.5) is 5.69 Å². The maximum atomic E-state index is 12.7. The molecule has 13 nitrogen and oxygen atoms in total. The van der Waals surface area contributed by atoms with Gasteiger partial charge in [0.05, 0.1) is 10.2 Å². The first-order valence-electron chi connectivity index (χ1n) is 11.0. The lowest BCUT2D eigenvalue weighted by Gasteiger charge is -2.58. The van der Waals surface area contributed by atoms with Crippen LogP contribution in [0.25, 0.3) is 0 Å². The highest BCUT2D eigenvalue weighted by atomic mass is 32.2. The van der Waals surface area contributed by atoms with Crippen LogP contribution in [0.3, 0.4) is 0 Å². The summed E-state index contributed by atoms with van der Waals surface area (Å²) in [5.74, 6) is -5.82. The molecule has 0 spiro atoms. The van der Waals surface area contributed by atoms with Crippen LogP contribution in [-0.4, -0.2) is 87.9 Å². The number of hydrogen-bond donors (Lipinski definition) is 4. The molecular formula is C23H27NO12S. The minimum atomic E-state index is -3.49. The molecule has 1 heterocycles. The van der Waals surface area contributed by atoms with E-state index >= 15 is 0 Å². The fourth-order valence-corrected chi connectivity index (χ4v) is 6.45. The Morgan fingerprint density at radius 2 is 1.49 bits per heavy atom. The molecule has 1 aromatic rings. The number of nitro groups is 1. The third-order valence-corrected chi connectivity index (χ3v) is 8.27. The Balaban J connectivity index is 2.48. The summed E-state index contributed by atoms with van der Waals surface area (Å²) in [6, 6.07) is 4.52. The Bertz CT molecular complexity index is 1140.